The van der Waals surface area contributed by atoms with E-state index in [2.05, 4.69) is 0 Å². The van der Waals surface area contributed by atoms with Gasteiger partial charge in [0.15, 0.2) is 0 Å². The Morgan fingerprint density at radius 3 is 2.24 bits per heavy atom. The predicted molar refractivity (Wildman–Crippen MR) is 69.2 cm³/mol. The Labute approximate surface area is 102 Å². The van der Waals surface area contributed by atoms with E-state index in [4.69, 9.17) is 10.5 Å². The Hall–Kier alpha value is -1.55. The van der Waals surface area contributed by atoms with Crippen LogP contribution in [0.1, 0.15) is 13.8 Å². The number of nitrogens with two attached hydrogens (primary N) is 1. The van der Waals surface area contributed by atoms with Crippen molar-refractivity contribution < 1.29 is 9.53 Å². The number of hydrogen-bond donors (Lipinski definition) is 1. The number of hydrogen-bond acceptors (Lipinski definition) is 3. The van der Waals surface area contributed by atoms with Crippen LogP contribution in [0.3, 0.4) is 0 Å². The standard InChI is InChI=1S/C13H20N2O2/c1-9(2)12(14)13(16)15(3)10-5-7-11(17-4)8-6-10/h5-9,12H,14H2,1-4H3/t12-/m1/s1. The zero-order chi connectivity index (χ0) is 13.0. The molecule has 17 heavy (non-hydrogen) atoms. The van der Waals surface area contributed by atoms with Crippen molar-refractivity contribution in [1.82, 2.24) is 0 Å². The molecule has 0 spiro atoms. The zero-order valence-electron chi connectivity index (χ0n) is 10.8. The van der Waals surface area contributed by atoms with Gasteiger partial charge in [0, 0.05) is 12.7 Å². The smallest absolute Gasteiger partial charge is 0.243 e. The zero-order valence-corrected chi connectivity index (χ0v) is 10.8. The molecule has 1 atom stereocenters. The van der Waals surface area contributed by atoms with Crippen molar-refractivity contribution in [2.75, 3.05) is 19.1 Å². The summed E-state index contributed by atoms with van der Waals surface area (Å²) in [4.78, 5) is 13.6. The molecule has 1 aromatic carbocycles. The van der Waals surface area contributed by atoms with Gasteiger partial charge in [-0.25, -0.2) is 0 Å². The highest BCUT2D eigenvalue weighted by Gasteiger charge is 2.21. The maximum atomic E-state index is 12.0. The second-order valence-corrected chi connectivity index (χ2v) is 4.37. The Balaban J connectivity index is 2.81. The highest BCUT2D eigenvalue weighted by atomic mass is 16.5. The summed E-state index contributed by atoms with van der Waals surface area (Å²) in [6.45, 7) is 3.87. The first kappa shape index (κ1) is 13.5. The van der Waals surface area contributed by atoms with Gasteiger partial charge in [-0.1, -0.05) is 13.8 Å². The lowest BCUT2D eigenvalue weighted by atomic mass is 10.0. The summed E-state index contributed by atoms with van der Waals surface area (Å²) in [5, 5.41) is 0. The molecule has 0 heterocycles. The van der Waals surface area contributed by atoms with Crippen molar-refractivity contribution in [3.05, 3.63) is 24.3 Å². The van der Waals surface area contributed by atoms with E-state index in [1.165, 1.54) is 0 Å². The van der Waals surface area contributed by atoms with Crippen LogP contribution >= 0.6 is 0 Å². The molecule has 0 bridgehead atoms. The number of carbonyl (C=O) groups is 1. The van der Waals surface area contributed by atoms with E-state index in [9.17, 15) is 4.79 Å². The first-order chi connectivity index (χ1) is 7.97. The van der Waals surface area contributed by atoms with Gasteiger partial charge in [-0.2, -0.15) is 0 Å². The van der Waals surface area contributed by atoms with E-state index in [-0.39, 0.29) is 11.8 Å². The number of anilines is 1. The topological polar surface area (TPSA) is 55.6 Å². The molecule has 4 nitrogen and oxygen atoms in total. The van der Waals surface area contributed by atoms with Gasteiger partial charge in [0.2, 0.25) is 5.91 Å². The number of rotatable bonds is 4. The first-order valence-corrected chi connectivity index (χ1v) is 5.64. The van der Waals surface area contributed by atoms with Gasteiger partial charge < -0.3 is 15.4 Å². The lowest BCUT2D eigenvalue weighted by Gasteiger charge is -2.23. The molecule has 1 rings (SSSR count). The second-order valence-electron chi connectivity index (χ2n) is 4.37. The SMILES string of the molecule is COc1ccc(N(C)C(=O)[C@H](N)C(C)C)cc1. The molecule has 1 amide bonds. The van der Waals surface area contributed by atoms with Gasteiger partial charge in [-0.15, -0.1) is 0 Å². The summed E-state index contributed by atoms with van der Waals surface area (Å²) in [6, 6.07) is 6.84. The fraction of sp³-hybridized carbons (Fsp3) is 0.462. The summed E-state index contributed by atoms with van der Waals surface area (Å²) >= 11 is 0. The molecule has 2 N–H and O–H groups in total. The third kappa shape index (κ3) is 3.20. The molecule has 0 aliphatic rings. The number of methoxy groups -OCH3 is 1. The number of amides is 1. The Kier molecular flexibility index (Phi) is 4.52. The van der Waals surface area contributed by atoms with E-state index in [1.54, 1.807) is 19.1 Å². The maximum Gasteiger partial charge on any atom is 0.243 e. The van der Waals surface area contributed by atoms with E-state index >= 15 is 0 Å². The van der Waals surface area contributed by atoms with Gasteiger partial charge in [0.05, 0.1) is 13.2 Å². The number of likely N-dealkylation sites (N-methyl/N-ethyl adjacent to an activating group) is 1. The monoisotopic (exact) mass is 236 g/mol. The normalized spacial score (nSPS) is 12.4. The van der Waals surface area contributed by atoms with Gasteiger partial charge >= 0.3 is 0 Å². The Bertz CT molecular complexity index is 374. The first-order valence-electron chi connectivity index (χ1n) is 5.64. The van der Waals surface area contributed by atoms with Crippen LogP contribution in [0, 0.1) is 5.92 Å². The van der Waals surface area contributed by atoms with Crippen LogP contribution in [0.25, 0.3) is 0 Å². The van der Waals surface area contributed by atoms with E-state index in [0.717, 1.165) is 11.4 Å². The quantitative estimate of drug-likeness (QED) is 0.864. The van der Waals surface area contributed by atoms with Crippen molar-refractivity contribution in [3.63, 3.8) is 0 Å². The largest absolute Gasteiger partial charge is 0.497 e. The third-order valence-corrected chi connectivity index (χ3v) is 2.79. The lowest BCUT2D eigenvalue weighted by Crippen LogP contribution is -2.45. The van der Waals surface area contributed by atoms with E-state index in [0.29, 0.717) is 0 Å². The number of ether oxygens (including phenoxy) is 1. The van der Waals surface area contributed by atoms with Crippen molar-refractivity contribution in [2.24, 2.45) is 11.7 Å². The third-order valence-electron chi connectivity index (χ3n) is 2.79. The van der Waals surface area contributed by atoms with Crippen molar-refractivity contribution in [3.8, 4) is 5.75 Å². The van der Waals surface area contributed by atoms with Crippen LogP contribution in [0.2, 0.25) is 0 Å². The van der Waals surface area contributed by atoms with E-state index < -0.39 is 6.04 Å². The minimum absolute atomic E-state index is 0.0785. The number of carbonyl (C=O) groups excluding carboxylic acids is 1. The summed E-state index contributed by atoms with van der Waals surface area (Å²) < 4.78 is 5.07. The molecule has 0 radical (unpaired) electrons. The lowest BCUT2D eigenvalue weighted by molar-refractivity contribution is -0.120. The van der Waals surface area contributed by atoms with Crippen LogP contribution in [0.15, 0.2) is 24.3 Å². The van der Waals surface area contributed by atoms with Crippen LogP contribution in [0.4, 0.5) is 5.69 Å². The maximum absolute atomic E-state index is 12.0. The molecular formula is C13H20N2O2. The molecular weight excluding hydrogens is 216 g/mol. The van der Waals surface area contributed by atoms with Gasteiger partial charge in [-0.05, 0) is 30.2 Å². The minimum Gasteiger partial charge on any atom is -0.497 e. The minimum atomic E-state index is -0.470. The molecule has 0 aliphatic carbocycles. The van der Waals surface area contributed by atoms with Crippen molar-refractivity contribution in [2.45, 2.75) is 19.9 Å². The summed E-state index contributed by atoms with van der Waals surface area (Å²) in [6.07, 6.45) is 0. The molecule has 0 aromatic heterocycles. The highest BCUT2D eigenvalue weighted by molar-refractivity contribution is 5.96. The molecule has 0 saturated carbocycles. The van der Waals surface area contributed by atoms with Crippen molar-refractivity contribution in [1.29, 1.82) is 0 Å². The highest BCUT2D eigenvalue weighted by Crippen LogP contribution is 2.19. The number of benzene rings is 1. The van der Waals surface area contributed by atoms with Gasteiger partial charge in [0.25, 0.3) is 0 Å². The molecule has 1 aromatic rings. The van der Waals surface area contributed by atoms with Crippen LogP contribution < -0.4 is 15.4 Å². The summed E-state index contributed by atoms with van der Waals surface area (Å²) in [5.74, 6) is 0.816. The summed E-state index contributed by atoms with van der Waals surface area (Å²) in [7, 11) is 3.34. The fourth-order valence-electron chi connectivity index (χ4n) is 1.44. The fourth-order valence-corrected chi connectivity index (χ4v) is 1.44. The molecule has 0 aliphatic heterocycles. The Morgan fingerprint density at radius 2 is 1.82 bits per heavy atom. The predicted octanol–water partition coefficient (Wildman–Crippen LogP) is 1.64. The van der Waals surface area contributed by atoms with E-state index in [1.807, 2.05) is 38.1 Å². The van der Waals surface area contributed by atoms with Crippen LogP contribution in [-0.2, 0) is 4.79 Å². The average Bonchev–Trinajstić information content (AvgIpc) is 2.36. The number of nitrogens with zero attached hydrogens (tertiary/aromatic N) is 1. The van der Waals surface area contributed by atoms with Crippen LogP contribution in [-0.4, -0.2) is 26.1 Å². The molecule has 0 fully saturated rings. The Morgan fingerprint density at radius 1 is 1.29 bits per heavy atom. The van der Waals surface area contributed by atoms with Gasteiger partial charge in [0.1, 0.15) is 5.75 Å². The van der Waals surface area contributed by atoms with Crippen molar-refractivity contribution >= 4 is 11.6 Å². The molecule has 0 saturated heterocycles. The van der Waals surface area contributed by atoms with Gasteiger partial charge in [-0.3, -0.25) is 4.79 Å². The molecule has 94 valence electrons. The molecule has 4 heteroatoms. The summed E-state index contributed by atoms with van der Waals surface area (Å²) in [5.41, 5.74) is 6.65. The molecule has 0 unspecified atom stereocenters. The average molecular weight is 236 g/mol. The van der Waals surface area contributed by atoms with Crippen LogP contribution in [0.5, 0.6) is 5.75 Å². The second kappa shape index (κ2) is 5.68.